The summed E-state index contributed by atoms with van der Waals surface area (Å²) in [5, 5.41) is 20.2. The fourth-order valence-electron chi connectivity index (χ4n) is 5.46. The van der Waals surface area contributed by atoms with Gasteiger partial charge >= 0.3 is 0 Å². The second kappa shape index (κ2) is 10.3. The van der Waals surface area contributed by atoms with E-state index in [1.165, 1.54) is 25.7 Å². The number of fused-ring (bicyclic) bond motifs is 1. The predicted molar refractivity (Wildman–Crippen MR) is 143 cm³/mol. The third kappa shape index (κ3) is 4.93. The Morgan fingerprint density at radius 3 is 2.42 bits per heavy atom. The molecule has 5 heteroatoms. The van der Waals surface area contributed by atoms with Gasteiger partial charge in [-0.2, -0.15) is 0 Å². The molecule has 0 aromatic heterocycles. The number of ether oxygens (including phenoxy) is 2. The number of hydrogen-bond donors (Lipinski definition) is 2. The average Bonchev–Trinajstić information content (AvgIpc) is 3.42. The van der Waals surface area contributed by atoms with E-state index in [0.29, 0.717) is 18.7 Å². The summed E-state index contributed by atoms with van der Waals surface area (Å²) in [5.74, 6) is 1.96. The summed E-state index contributed by atoms with van der Waals surface area (Å²) in [6, 6.07) is 21.5. The molecule has 3 aromatic carbocycles. The molecule has 2 N–H and O–H groups in total. The molecular weight excluding hydrogens is 450 g/mol. The van der Waals surface area contributed by atoms with Gasteiger partial charge in [-0.05, 0) is 92.9 Å². The van der Waals surface area contributed by atoms with Gasteiger partial charge in [0.05, 0.1) is 0 Å². The highest BCUT2D eigenvalue weighted by Gasteiger charge is 2.30. The van der Waals surface area contributed by atoms with Gasteiger partial charge in [0.2, 0.25) is 0 Å². The van der Waals surface area contributed by atoms with E-state index in [2.05, 4.69) is 18.9 Å². The lowest BCUT2D eigenvalue weighted by molar-refractivity contribution is 0.132. The number of aromatic hydroxyl groups is 2. The van der Waals surface area contributed by atoms with Crippen LogP contribution in [-0.4, -0.2) is 40.9 Å². The van der Waals surface area contributed by atoms with Crippen molar-refractivity contribution in [2.45, 2.75) is 57.7 Å². The third-order valence-corrected chi connectivity index (χ3v) is 7.71. The molecule has 36 heavy (non-hydrogen) atoms. The van der Waals surface area contributed by atoms with Crippen LogP contribution < -0.4 is 9.47 Å². The van der Waals surface area contributed by atoms with E-state index in [4.69, 9.17) is 9.47 Å². The molecule has 5 rings (SSSR count). The number of phenolic OH excluding ortho intramolecular Hbond substituents is 2. The molecule has 1 fully saturated rings. The van der Waals surface area contributed by atoms with E-state index in [0.717, 1.165) is 39.3 Å². The van der Waals surface area contributed by atoms with Gasteiger partial charge in [0.25, 0.3) is 0 Å². The molecule has 0 saturated heterocycles. The zero-order valence-corrected chi connectivity index (χ0v) is 21.3. The largest absolute Gasteiger partial charge is 0.508 e. The molecule has 188 valence electrons. The molecule has 2 atom stereocenters. The van der Waals surface area contributed by atoms with Crippen LogP contribution in [0.15, 0.2) is 66.7 Å². The Bertz CT molecular complexity index is 1240. The van der Waals surface area contributed by atoms with Crippen molar-refractivity contribution in [1.82, 2.24) is 4.90 Å². The van der Waals surface area contributed by atoms with Crippen molar-refractivity contribution in [1.29, 1.82) is 0 Å². The molecule has 5 nitrogen and oxygen atoms in total. The van der Waals surface area contributed by atoms with E-state index >= 15 is 0 Å². The Morgan fingerprint density at radius 1 is 0.972 bits per heavy atom. The van der Waals surface area contributed by atoms with Crippen LogP contribution in [0.3, 0.4) is 0 Å². The summed E-state index contributed by atoms with van der Waals surface area (Å²) in [7, 11) is 2.21. The van der Waals surface area contributed by atoms with E-state index in [-0.39, 0.29) is 17.6 Å². The number of hydrogen-bond acceptors (Lipinski definition) is 5. The lowest BCUT2D eigenvalue weighted by atomic mass is 9.86. The fraction of sp³-hybridized carbons (Fsp3) is 0.355. The molecule has 3 aromatic rings. The molecule has 0 amide bonds. The predicted octanol–water partition coefficient (Wildman–Crippen LogP) is 6.80. The zero-order valence-electron chi connectivity index (χ0n) is 21.3. The van der Waals surface area contributed by atoms with Crippen LogP contribution in [0.25, 0.3) is 11.1 Å². The van der Waals surface area contributed by atoms with Crippen LogP contribution in [0.1, 0.15) is 62.3 Å². The van der Waals surface area contributed by atoms with Gasteiger partial charge in [-0.1, -0.05) is 37.1 Å². The number of rotatable bonds is 7. The number of allylic oxidation sites excluding steroid dienone is 1. The summed E-state index contributed by atoms with van der Waals surface area (Å²) in [5.41, 5.74) is 4.70. The van der Waals surface area contributed by atoms with Gasteiger partial charge in [-0.25, -0.2) is 0 Å². The minimum Gasteiger partial charge on any atom is -0.508 e. The van der Waals surface area contributed by atoms with Crippen LogP contribution in [0.4, 0.5) is 0 Å². The molecule has 1 aliphatic carbocycles. The number of phenols is 2. The smallest absolute Gasteiger partial charge is 0.150 e. The lowest BCUT2D eigenvalue weighted by Gasteiger charge is -2.31. The van der Waals surface area contributed by atoms with Gasteiger partial charge in [0.1, 0.15) is 35.7 Å². The van der Waals surface area contributed by atoms with Crippen LogP contribution >= 0.6 is 0 Å². The van der Waals surface area contributed by atoms with E-state index in [9.17, 15) is 10.2 Å². The maximum atomic E-state index is 10.2. The Balaban J connectivity index is 1.38. The summed E-state index contributed by atoms with van der Waals surface area (Å²) >= 11 is 0. The van der Waals surface area contributed by atoms with Crippen molar-refractivity contribution >= 4 is 11.1 Å². The van der Waals surface area contributed by atoms with E-state index in [1.807, 2.05) is 43.3 Å². The molecule has 1 unspecified atom stereocenters. The Morgan fingerprint density at radius 2 is 1.69 bits per heavy atom. The average molecular weight is 486 g/mol. The molecule has 1 saturated carbocycles. The monoisotopic (exact) mass is 485 g/mol. The van der Waals surface area contributed by atoms with Crippen molar-refractivity contribution < 1.29 is 19.7 Å². The SMILES string of the molecule is CC1=C(c2cccc(O)c2)C(c2ccc(OC[C@H](C)N(C)C3CCCC3)cc2)Oc2ccc(O)cc21. The Kier molecular flexibility index (Phi) is 6.92. The van der Waals surface area contributed by atoms with Gasteiger partial charge in [-0.3, -0.25) is 4.90 Å². The third-order valence-electron chi connectivity index (χ3n) is 7.71. The van der Waals surface area contributed by atoms with Crippen molar-refractivity contribution in [3.63, 3.8) is 0 Å². The first-order chi connectivity index (χ1) is 17.4. The molecule has 0 spiro atoms. The topological polar surface area (TPSA) is 62.2 Å². The van der Waals surface area contributed by atoms with Crippen molar-refractivity contribution in [2.24, 2.45) is 0 Å². The molecule has 1 aliphatic heterocycles. The molecule has 2 aliphatic rings. The van der Waals surface area contributed by atoms with Crippen LogP contribution in [0, 0.1) is 0 Å². The first kappa shape index (κ1) is 24.3. The number of benzene rings is 3. The van der Waals surface area contributed by atoms with Crippen molar-refractivity contribution in [3.8, 4) is 23.0 Å². The number of likely N-dealkylation sites (N-methyl/N-ethyl adjacent to an activating group) is 1. The maximum Gasteiger partial charge on any atom is 0.150 e. The Hall–Kier alpha value is -3.44. The quantitative estimate of drug-likeness (QED) is 0.385. The summed E-state index contributed by atoms with van der Waals surface area (Å²) in [4.78, 5) is 2.46. The highest BCUT2D eigenvalue weighted by atomic mass is 16.5. The maximum absolute atomic E-state index is 10.2. The van der Waals surface area contributed by atoms with Crippen molar-refractivity contribution in [2.75, 3.05) is 13.7 Å². The van der Waals surface area contributed by atoms with Crippen LogP contribution in [-0.2, 0) is 0 Å². The minimum absolute atomic E-state index is 0.194. The highest BCUT2D eigenvalue weighted by Crippen LogP contribution is 2.47. The number of nitrogens with zero attached hydrogens (tertiary/aromatic N) is 1. The van der Waals surface area contributed by atoms with Crippen molar-refractivity contribution in [3.05, 3.63) is 83.4 Å². The molecule has 1 heterocycles. The lowest BCUT2D eigenvalue weighted by Crippen LogP contribution is -2.40. The molecule has 0 radical (unpaired) electrons. The first-order valence-corrected chi connectivity index (χ1v) is 12.9. The molecule has 0 bridgehead atoms. The highest BCUT2D eigenvalue weighted by molar-refractivity contribution is 5.95. The van der Waals surface area contributed by atoms with E-state index < -0.39 is 0 Å². The van der Waals surface area contributed by atoms with Crippen LogP contribution in [0.2, 0.25) is 0 Å². The van der Waals surface area contributed by atoms with Gasteiger partial charge in [0.15, 0.2) is 0 Å². The summed E-state index contributed by atoms with van der Waals surface area (Å²) in [6.07, 6.45) is 4.88. The van der Waals surface area contributed by atoms with E-state index in [1.54, 1.807) is 30.3 Å². The summed E-state index contributed by atoms with van der Waals surface area (Å²) in [6.45, 7) is 4.91. The fourth-order valence-corrected chi connectivity index (χ4v) is 5.46. The van der Waals surface area contributed by atoms with Crippen LogP contribution in [0.5, 0.6) is 23.0 Å². The summed E-state index contributed by atoms with van der Waals surface area (Å²) < 4.78 is 12.6. The minimum atomic E-state index is -0.356. The second-order valence-electron chi connectivity index (χ2n) is 10.1. The zero-order chi connectivity index (χ0) is 25.2. The standard InChI is InChI=1S/C31H35NO4/c1-20(32(3)24-8-4-5-9-24)19-35-27-14-11-22(12-15-27)31-30(23-7-6-10-25(33)17-23)21(2)28-18-26(34)13-16-29(28)36-31/h6-7,10-18,20,24,31,33-34H,4-5,8-9,19H2,1-3H3/t20-,31?/m0/s1. The van der Waals surface area contributed by atoms with Gasteiger partial charge < -0.3 is 19.7 Å². The first-order valence-electron chi connectivity index (χ1n) is 12.9. The molecular formula is C31H35NO4. The normalized spacial score (nSPS) is 18.7. The van der Waals surface area contributed by atoms with Gasteiger partial charge in [0, 0.05) is 23.2 Å². The Labute approximate surface area is 213 Å². The second-order valence-corrected chi connectivity index (χ2v) is 10.1. The van der Waals surface area contributed by atoms with Gasteiger partial charge in [-0.15, -0.1) is 0 Å².